The Hall–Kier alpha value is -0.940. The molecule has 3 heterocycles. The summed E-state index contributed by atoms with van der Waals surface area (Å²) in [6, 6.07) is 1.87. The molecule has 0 aliphatic carbocycles. The molecule has 0 amide bonds. The molecule has 0 bridgehead atoms. The first-order chi connectivity index (χ1) is 9.47. The molecule has 106 valence electrons. The van der Waals surface area contributed by atoms with Gasteiger partial charge in [0.1, 0.15) is 0 Å². The molecule has 6 nitrogen and oxygen atoms in total. The molecule has 3 aromatic heterocycles. The quantitative estimate of drug-likeness (QED) is 0.712. The van der Waals surface area contributed by atoms with Gasteiger partial charge in [-0.15, -0.1) is 22.7 Å². The second-order valence-electron chi connectivity index (χ2n) is 3.91. The Kier molecular flexibility index (Phi) is 3.58. The fourth-order valence-electron chi connectivity index (χ4n) is 1.73. The van der Waals surface area contributed by atoms with Crippen molar-refractivity contribution >= 4 is 59.4 Å². The van der Waals surface area contributed by atoms with Crippen LogP contribution in [0.15, 0.2) is 32.5 Å². The second-order valence-corrected chi connectivity index (χ2v) is 8.38. The van der Waals surface area contributed by atoms with Crippen LogP contribution in [0, 0.1) is 0 Å². The summed E-state index contributed by atoms with van der Waals surface area (Å²) >= 11 is 6.13. The molecule has 0 aliphatic rings. The zero-order chi connectivity index (χ0) is 14.3. The fourth-order valence-corrected chi connectivity index (χ4v) is 5.20. The average molecular weight is 393 g/mol. The Balaban J connectivity index is 1.91. The standard InChI is InChI=1S/C10H9BrN4O2S3/c11-6-3-7(19-5-6)4-13-20(16,17)9-8(12)14-10-15(9)1-2-18-10/h1-3,5,13H,4,12H2. The molecule has 0 unspecified atom stereocenters. The van der Waals surface area contributed by atoms with E-state index in [1.54, 1.807) is 11.6 Å². The average Bonchev–Trinajstić information content (AvgIpc) is 3.02. The minimum absolute atomic E-state index is 0.00984. The summed E-state index contributed by atoms with van der Waals surface area (Å²) in [6.45, 7) is 0.218. The number of imidazole rings is 1. The van der Waals surface area contributed by atoms with Crippen molar-refractivity contribution in [2.75, 3.05) is 5.73 Å². The Morgan fingerprint density at radius 3 is 2.95 bits per heavy atom. The van der Waals surface area contributed by atoms with Crippen LogP contribution in [0.3, 0.4) is 0 Å². The lowest BCUT2D eigenvalue weighted by molar-refractivity contribution is 0.577. The summed E-state index contributed by atoms with van der Waals surface area (Å²) < 4.78 is 29.7. The topological polar surface area (TPSA) is 89.5 Å². The smallest absolute Gasteiger partial charge is 0.260 e. The normalized spacial score (nSPS) is 12.2. The monoisotopic (exact) mass is 392 g/mol. The molecule has 0 aromatic carbocycles. The van der Waals surface area contributed by atoms with Gasteiger partial charge in [-0.2, -0.15) is 0 Å². The summed E-state index contributed by atoms with van der Waals surface area (Å²) in [5, 5.41) is 3.65. The van der Waals surface area contributed by atoms with E-state index < -0.39 is 10.0 Å². The molecule has 0 saturated heterocycles. The third kappa shape index (κ3) is 2.49. The predicted molar refractivity (Wildman–Crippen MR) is 83.5 cm³/mol. The van der Waals surface area contributed by atoms with E-state index >= 15 is 0 Å². The molecule has 20 heavy (non-hydrogen) atoms. The SMILES string of the molecule is Nc1nc2sccn2c1S(=O)(=O)NCc1cc(Br)cs1. The summed E-state index contributed by atoms with van der Waals surface area (Å²) in [5.74, 6) is 0.0108. The maximum Gasteiger partial charge on any atom is 0.260 e. The summed E-state index contributed by atoms with van der Waals surface area (Å²) in [7, 11) is -3.71. The van der Waals surface area contributed by atoms with Crippen LogP contribution in [0.5, 0.6) is 0 Å². The number of nitrogens with zero attached hydrogens (tertiary/aromatic N) is 2. The first-order valence-corrected chi connectivity index (χ1v) is 9.44. The first kappa shape index (κ1) is 14.0. The zero-order valence-corrected chi connectivity index (χ0v) is 13.9. The van der Waals surface area contributed by atoms with E-state index in [1.807, 2.05) is 11.4 Å². The van der Waals surface area contributed by atoms with Gasteiger partial charge in [-0.3, -0.25) is 4.40 Å². The number of rotatable bonds is 4. The van der Waals surface area contributed by atoms with E-state index in [4.69, 9.17) is 5.73 Å². The first-order valence-electron chi connectivity index (χ1n) is 5.41. The van der Waals surface area contributed by atoms with Crippen LogP contribution in [0.25, 0.3) is 4.96 Å². The number of nitrogens with two attached hydrogens (primary N) is 1. The van der Waals surface area contributed by atoms with E-state index in [2.05, 4.69) is 25.6 Å². The number of nitrogens with one attached hydrogen (secondary N) is 1. The molecule has 0 aliphatic heterocycles. The van der Waals surface area contributed by atoms with Gasteiger partial charge in [0.15, 0.2) is 15.8 Å². The number of fused-ring (bicyclic) bond motifs is 1. The third-order valence-corrected chi connectivity index (χ3v) is 6.45. The number of nitrogen functional groups attached to an aromatic ring is 1. The van der Waals surface area contributed by atoms with Crippen molar-refractivity contribution in [3.8, 4) is 0 Å². The van der Waals surface area contributed by atoms with Crippen LogP contribution >= 0.6 is 38.6 Å². The van der Waals surface area contributed by atoms with Crippen LogP contribution in [0.4, 0.5) is 5.82 Å². The maximum atomic E-state index is 12.4. The minimum atomic E-state index is -3.71. The lowest BCUT2D eigenvalue weighted by Gasteiger charge is -2.05. The van der Waals surface area contributed by atoms with E-state index in [-0.39, 0.29) is 17.4 Å². The predicted octanol–water partition coefficient (Wildman–Crippen LogP) is 2.28. The number of sulfonamides is 1. The van der Waals surface area contributed by atoms with Crippen molar-refractivity contribution in [2.45, 2.75) is 11.6 Å². The van der Waals surface area contributed by atoms with Crippen LogP contribution in [-0.4, -0.2) is 17.8 Å². The van der Waals surface area contributed by atoms with Gasteiger partial charge in [-0.1, -0.05) is 0 Å². The Morgan fingerprint density at radius 1 is 1.45 bits per heavy atom. The number of thiazole rings is 1. The highest BCUT2D eigenvalue weighted by atomic mass is 79.9. The van der Waals surface area contributed by atoms with Crippen LogP contribution in [0.2, 0.25) is 0 Å². The molecule has 3 rings (SSSR count). The van der Waals surface area contributed by atoms with Gasteiger partial charge >= 0.3 is 0 Å². The molecular weight excluding hydrogens is 384 g/mol. The lowest BCUT2D eigenvalue weighted by Crippen LogP contribution is -2.24. The molecule has 3 aromatic rings. The van der Waals surface area contributed by atoms with Crippen molar-refractivity contribution in [1.82, 2.24) is 14.1 Å². The minimum Gasteiger partial charge on any atom is -0.381 e. The summed E-state index contributed by atoms with van der Waals surface area (Å²) in [6.07, 6.45) is 1.64. The molecule has 10 heteroatoms. The number of thiophene rings is 1. The largest absolute Gasteiger partial charge is 0.381 e. The maximum absolute atomic E-state index is 12.4. The molecule has 0 atom stereocenters. The molecule has 0 saturated carbocycles. The van der Waals surface area contributed by atoms with Gasteiger partial charge in [0.2, 0.25) is 0 Å². The number of aromatic nitrogens is 2. The highest BCUT2D eigenvalue weighted by Gasteiger charge is 2.24. The van der Waals surface area contributed by atoms with Gasteiger partial charge in [0, 0.05) is 32.9 Å². The number of halogens is 1. The van der Waals surface area contributed by atoms with Gasteiger partial charge < -0.3 is 5.73 Å². The van der Waals surface area contributed by atoms with E-state index in [9.17, 15) is 8.42 Å². The molecule has 0 fully saturated rings. The number of anilines is 1. The Morgan fingerprint density at radius 2 is 2.25 bits per heavy atom. The highest BCUT2D eigenvalue weighted by molar-refractivity contribution is 9.10. The summed E-state index contributed by atoms with van der Waals surface area (Å²) in [5.41, 5.74) is 5.71. The van der Waals surface area contributed by atoms with Crippen LogP contribution in [0.1, 0.15) is 4.88 Å². The molecule has 0 radical (unpaired) electrons. The van der Waals surface area contributed by atoms with Crippen molar-refractivity contribution < 1.29 is 8.42 Å². The van der Waals surface area contributed by atoms with Crippen molar-refractivity contribution in [2.24, 2.45) is 0 Å². The van der Waals surface area contributed by atoms with E-state index in [0.29, 0.717) is 4.96 Å². The van der Waals surface area contributed by atoms with Crippen molar-refractivity contribution in [3.63, 3.8) is 0 Å². The van der Waals surface area contributed by atoms with Crippen molar-refractivity contribution in [1.29, 1.82) is 0 Å². The van der Waals surface area contributed by atoms with Gasteiger partial charge in [-0.25, -0.2) is 18.1 Å². The Labute approximate surface area is 131 Å². The van der Waals surface area contributed by atoms with Gasteiger partial charge in [0.05, 0.1) is 0 Å². The van der Waals surface area contributed by atoms with Gasteiger partial charge in [0.25, 0.3) is 10.0 Å². The zero-order valence-electron chi connectivity index (χ0n) is 9.91. The van der Waals surface area contributed by atoms with Crippen molar-refractivity contribution in [3.05, 3.63) is 32.4 Å². The third-order valence-electron chi connectivity index (χ3n) is 2.56. The lowest BCUT2D eigenvalue weighted by atomic mass is 10.5. The molecule has 0 spiro atoms. The van der Waals surface area contributed by atoms with Crippen LogP contribution < -0.4 is 10.5 Å². The van der Waals surface area contributed by atoms with Gasteiger partial charge in [-0.05, 0) is 22.0 Å². The molecule has 3 N–H and O–H groups in total. The van der Waals surface area contributed by atoms with Crippen LogP contribution in [-0.2, 0) is 16.6 Å². The highest BCUT2D eigenvalue weighted by Crippen LogP contribution is 2.24. The number of hydrogen-bond donors (Lipinski definition) is 2. The second kappa shape index (κ2) is 5.11. The Bertz CT molecular complexity index is 864. The van der Waals surface area contributed by atoms with E-state index in [1.165, 1.54) is 27.1 Å². The fraction of sp³-hybridized carbons (Fsp3) is 0.100. The number of hydrogen-bond acceptors (Lipinski definition) is 6. The summed E-state index contributed by atoms with van der Waals surface area (Å²) in [4.78, 5) is 5.50. The molecular formula is C10H9BrN4O2S3. The van der Waals surface area contributed by atoms with E-state index in [0.717, 1.165) is 9.35 Å².